The second-order valence-corrected chi connectivity index (χ2v) is 6.82. The largest absolute Gasteiger partial charge is 0.368 e. The Hall–Kier alpha value is -2.93. The highest BCUT2D eigenvalue weighted by Gasteiger charge is 2.34. The van der Waals surface area contributed by atoms with E-state index in [2.05, 4.69) is 17.0 Å². The Kier molecular flexibility index (Phi) is 5.71. The number of benzene rings is 1. The molecule has 1 unspecified atom stereocenters. The van der Waals surface area contributed by atoms with Crippen molar-refractivity contribution in [3.63, 3.8) is 0 Å². The Labute approximate surface area is 158 Å². The highest BCUT2D eigenvalue weighted by Crippen LogP contribution is 2.15. The van der Waals surface area contributed by atoms with Gasteiger partial charge in [0.05, 0.1) is 5.56 Å². The van der Waals surface area contributed by atoms with E-state index in [0.717, 1.165) is 13.0 Å². The number of nitrogens with two attached hydrogens (primary N) is 1. The molecule has 7 nitrogen and oxygen atoms in total. The third-order valence-electron chi connectivity index (χ3n) is 4.95. The molecule has 1 aromatic carbocycles. The standard InChI is InChI=1S/C20H24N4O3/c1-22-13-16(7-8-18(22)25)20(27)24-12-11-23(14-17(24)19(21)26)10-9-15-5-3-2-4-6-15/h2-8,13,17H,9-12,14H2,1H3,(H2,21,26). The summed E-state index contributed by atoms with van der Waals surface area (Å²) in [6.45, 7) is 2.31. The van der Waals surface area contributed by atoms with Gasteiger partial charge < -0.3 is 15.2 Å². The van der Waals surface area contributed by atoms with E-state index in [9.17, 15) is 14.4 Å². The molecule has 0 spiro atoms. The van der Waals surface area contributed by atoms with Gasteiger partial charge in [-0.05, 0) is 18.1 Å². The van der Waals surface area contributed by atoms with Crippen LogP contribution in [0.1, 0.15) is 15.9 Å². The first-order chi connectivity index (χ1) is 13.0. The van der Waals surface area contributed by atoms with Crippen LogP contribution in [0.15, 0.2) is 53.5 Å². The van der Waals surface area contributed by atoms with Crippen molar-refractivity contribution in [1.29, 1.82) is 0 Å². The maximum absolute atomic E-state index is 12.8. The molecule has 1 saturated heterocycles. The summed E-state index contributed by atoms with van der Waals surface area (Å²) in [6, 6.07) is 12.3. The number of pyridine rings is 1. The van der Waals surface area contributed by atoms with Gasteiger partial charge in [0.15, 0.2) is 0 Å². The van der Waals surface area contributed by atoms with Crippen molar-refractivity contribution in [2.75, 3.05) is 26.2 Å². The van der Waals surface area contributed by atoms with Crippen LogP contribution in [0.2, 0.25) is 0 Å². The molecule has 1 aliphatic heterocycles. The molecule has 27 heavy (non-hydrogen) atoms. The van der Waals surface area contributed by atoms with E-state index in [1.54, 1.807) is 7.05 Å². The van der Waals surface area contributed by atoms with Gasteiger partial charge in [0.25, 0.3) is 5.91 Å². The molecule has 1 aromatic heterocycles. The van der Waals surface area contributed by atoms with Gasteiger partial charge in [-0.2, -0.15) is 0 Å². The summed E-state index contributed by atoms with van der Waals surface area (Å²) in [6.07, 6.45) is 2.37. The molecule has 0 radical (unpaired) electrons. The van der Waals surface area contributed by atoms with Gasteiger partial charge in [0.1, 0.15) is 6.04 Å². The van der Waals surface area contributed by atoms with E-state index in [1.165, 1.54) is 33.4 Å². The highest BCUT2D eigenvalue weighted by atomic mass is 16.2. The van der Waals surface area contributed by atoms with Crippen LogP contribution in [0.4, 0.5) is 0 Å². The van der Waals surface area contributed by atoms with Crippen molar-refractivity contribution in [3.05, 3.63) is 70.1 Å². The van der Waals surface area contributed by atoms with Crippen molar-refractivity contribution in [3.8, 4) is 0 Å². The number of aromatic nitrogens is 1. The van der Waals surface area contributed by atoms with E-state index in [-0.39, 0.29) is 11.5 Å². The van der Waals surface area contributed by atoms with Crippen molar-refractivity contribution >= 4 is 11.8 Å². The summed E-state index contributed by atoms with van der Waals surface area (Å²) in [7, 11) is 1.59. The minimum Gasteiger partial charge on any atom is -0.368 e. The lowest BCUT2D eigenvalue weighted by atomic mass is 10.1. The number of carbonyl (C=O) groups excluding carboxylic acids is 2. The van der Waals surface area contributed by atoms with Crippen LogP contribution in [0.5, 0.6) is 0 Å². The zero-order valence-corrected chi connectivity index (χ0v) is 15.4. The molecule has 1 aliphatic rings. The van der Waals surface area contributed by atoms with Crippen LogP contribution in [-0.4, -0.2) is 58.4 Å². The summed E-state index contributed by atoms with van der Waals surface area (Å²) < 4.78 is 1.35. The number of carbonyl (C=O) groups is 2. The molecular formula is C20H24N4O3. The van der Waals surface area contributed by atoms with Gasteiger partial charge in [-0.1, -0.05) is 30.3 Å². The lowest BCUT2D eigenvalue weighted by molar-refractivity contribution is -0.124. The molecule has 7 heteroatoms. The fourth-order valence-corrected chi connectivity index (χ4v) is 3.35. The number of amides is 2. The summed E-state index contributed by atoms with van der Waals surface area (Å²) in [5, 5.41) is 0. The predicted molar refractivity (Wildman–Crippen MR) is 102 cm³/mol. The quantitative estimate of drug-likeness (QED) is 0.819. The van der Waals surface area contributed by atoms with Crippen molar-refractivity contribution in [1.82, 2.24) is 14.4 Å². The predicted octanol–water partition coefficient (Wildman–Crippen LogP) is 0.240. The minimum atomic E-state index is -0.681. The molecule has 2 aromatic rings. The Morgan fingerprint density at radius 3 is 2.52 bits per heavy atom. The van der Waals surface area contributed by atoms with Crippen LogP contribution in [0.3, 0.4) is 0 Å². The first kappa shape index (κ1) is 18.8. The third-order valence-corrected chi connectivity index (χ3v) is 4.95. The molecule has 0 aliphatic carbocycles. The molecule has 142 valence electrons. The van der Waals surface area contributed by atoms with E-state index >= 15 is 0 Å². The Bertz CT molecular complexity index is 878. The van der Waals surface area contributed by atoms with Gasteiger partial charge in [-0.15, -0.1) is 0 Å². The van der Waals surface area contributed by atoms with Crippen LogP contribution in [0.25, 0.3) is 0 Å². The second-order valence-electron chi connectivity index (χ2n) is 6.82. The van der Waals surface area contributed by atoms with Crippen LogP contribution in [0, 0.1) is 0 Å². The van der Waals surface area contributed by atoms with Gasteiger partial charge in [0, 0.05) is 45.5 Å². The summed E-state index contributed by atoms with van der Waals surface area (Å²) >= 11 is 0. The van der Waals surface area contributed by atoms with E-state index in [1.807, 2.05) is 18.2 Å². The average molecular weight is 368 g/mol. The number of piperazine rings is 1. The molecule has 3 rings (SSSR count). The molecule has 2 N–H and O–H groups in total. The second kappa shape index (κ2) is 8.18. The van der Waals surface area contributed by atoms with E-state index in [4.69, 9.17) is 5.73 Å². The van der Waals surface area contributed by atoms with Gasteiger partial charge in [-0.25, -0.2) is 0 Å². The topological polar surface area (TPSA) is 88.6 Å². The number of rotatable bonds is 5. The minimum absolute atomic E-state index is 0.191. The SMILES string of the molecule is Cn1cc(C(=O)N2CCN(CCc3ccccc3)CC2C(N)=O)ccc1=O. The Morgan fingerprint density at radius 1 is 1.11 bits per heavy atom. The molecule has 2 amide bonds. The highest BCUT2D eigenvalue weighted by molar-refractivity contribution is 5.97. The van der Waals surface area contributed by atoms with Gasteiger partial charge >= 0.3 is 0 Å². The van der Waals surface area contributed by atoms with Gasteiger partial charge in [0.2, 0.25) is 11.5 Å². The van der Waals surface area contributed by atoms with Crippen molar-refractivity contribution in [2.45, 2.75) is 12.5 Å². The maximum Gasteiger partial charge on any atom is 0.256 e. The fourth-order valence-electron chi connectivity index (χ4n) is 3.35. The molecule has 2 heterocycles. The van der Waals surface area contributed by atoms with E-state index < -0.39 is 11.9 Å². The van der Waals surface area contributed by atoms with Crippen molar-refractivity contribution in [2.24, 2.45) is 12.8 Å². The maximum atomic E-state index is 12.8. The Morgan fingerprint density at radius 2 is 1.85 bits per heavy atom. The molecule has 1 fully saturated rings. The zero-order valence-electron chi connectivity index (χ0n) is 15.4. The number of primary amides is 1. The van der Waals surface area contributed by atoms with Crippen LogP contribution >= 0.6 is 0 Å². The number of hydrogen-bond donors (Lipinski definition) is 1. The van der Waals surface area contributed by atoms with Crippen LogP contribution < -0.4 is 11.3 Å². The number of nitrogens with zero attached hydrogens (tertiary/aromatic N) is 3. The Balaban J connectivity index is 1.68. The van der Waals surface area contributed by atoms with Crippen LogP contribution in [-0.2, 0) is 18.3 Å². The summed E-state index contributed by atoms with van der Waals surface area (Å²) in [5.41, 5.74) is 7.00. The molecule has 0 bridgehead atoms. The van der Waals surface area contributed by atoms with Crippen molar-refractivity contribution < 1.29 is 9.59 Å². The fraction of sp³-hybridized carbons (Fsp3) is 0.350. The first-order valence-electron chi connectivity index (χ1n) is 8.99. The monoisotopic (exact) mass is 368 g/mol. The lowest BCUT2D eigenvalue weighted by Gasteiger charge is -2.40. The van der Waals surface area contributed by atoms with Gasteiger partial charge in [-0.3, -0.25) is 19.3 Å². The zero-order chi connectivity index (χ0) is 19.4. The smallest absolute Gasteiger partial charge is 0.256 e. The third kappa shape index (κ3) is 4.43. The number of aryl methyl sites for hydroxylation is 1. The average Bonchev–Trinajstić information content (AvgIpc) is 2.68. The molecule has 0 saturated carbocycles. The lowest BCUT2D eigenvalue weighted by Crippen LogP contribution is -2.60. The summed E-state index contributed by atoms with van der Waals surface area (Å²) in [5.74, 6) is -0.797. The first-order valence-corrected chi connectivity index (χ1v) is 8.99. The molecular weight excluding hydrogens is 344 g/mol. The number of hydrogen-bond acceptors (Lipinski definition) is 4. The van der Waals surface area contributed by atoms with E-state index in [0.29, 0.717) is 25.2 Å². The molecule has 1 atom stereocenters. The summed E-state index contributed by atoms with van der Waals surface area (Å²) in [4.78, 5) is 40.0. The normalized spacial score (nSPS) is 17.7.